The largest absolute Gasteiger partial charge is 0.465 e. The van der Waals surface area contributed by atoms with Gasteiger partial charge in [-0.3, -0.25) is 9.59 Å². The van der Waals surface area contributed by atoms with Crippen LogP contribution in [0.1, 0.15) is 73.4 Å². The molecule has 2 aromatic rings. The minimum Gasteiger partial charge on any atom is -0.465 e. The number of carbonyl (C=O) groups excluding carboxylic acids is 2. The van der Waals surface area contributed by atoms with Crippen molar-refractivity contribution >= 4 is 17.7 Å². The minimum atomic E-state index is -1.08. The second-order valence-corrected chi connectivity index (χ2v) is 10.1. The Bertz CT molecular complexity index is 858. The molecule has 2 aromatic carbocycles. The van der Waals surface area contributed by atoms with Crippen LogP contribution in [0.15, 0.2) is 48.5 Å². The first kappa shape index (κ1) is 24.3. The van der Waals surface area contributed by atoms with Gasteiger partial charge in [0, 0.05) is 28.0 Å². The summed E-state index contributed by atoms with van der Waals surface area (Å²) in [5, 5.41) is 11.8. The quantitative estimate of drug-likeness (QED) is 0.571. The van der Waals surface area contributed by atoms with Crippen LogP contribution in [-0.2, 0) is 12.8 Å². The fourth-order valence-corrected chi connectivity index (χ4v) is 3.37. The number of hydrogen-bond donors (Lipinski definition) is 2. The van der Waals surface area contributed by atoms with Gasteiger partial charge in [-0.25, -0.2) is 4.79 Å². The van der Waals surface area contributed by atoms with E-state index < -0.39 is 16.9 Å². The summed E-state index contributed by atoms with van der Waals surface area (Å²) >= 11 is 0. The standard InChI is InChI=1S/C26H33NO4/c1-25(2,3)22(28)19-11-7-17(8-12-19)15-21(27-24(30)31)16-18-9-13-20(14-10-18)23(29)26(4,5)6/h7-14,21,27H,15-16H2,1-6H3,(H,30,31). The number of carbonyl (C=O) groups is 3. The van der Waals surface area contributed by atoms with Crippen LogP contribution in [0, 0.1) is 10.8 Å². The van der Waals surface area contributed by atoms with E-state index in [1.807, 2.05) is 65.8 Å². The number of Topliss-reactive ketones (excluding diaryl/α,β-unsaturated/α-hetero) is 2. The van der Waals surface area contributed by atoms with Crippen LogP contribution in [0.2, 0.25) is 0 Å². The summed E-state index contributed by atoms with van der Waals surface area (Å²) in [5.74, 6) is 0.147. The van der Waals surface area contributed by atoms with Crippen molar-refractivity contribution in [2.24, 2.45) is 10.8 Å². The number of hydrogen-bond acceptors (Lipinski definition) is 3. The van der Waals surface area contributed by atoms with Gasteiger partial charge in [-0.15, -0.1) is 0 Å². The number of benzene rings is 2. The van der Waals surface area contributed by atoms with Crippen LogP contribution in [0.3, 0.4) is 0 Å². The number of rotatable bonds is 7. The van der Waals surface area contributed by atoms with Crippen molar-refractivity contribution in [1.82, 2.24) is 5.32 Å². The first-order valence-corrected chi connectivity index (χ1v) is 10.5. The summed E-state index contributed by atoms with van der Waals surface area (Å²) in [7, 11) is 0. The van der Waals surface area contributed by atoms with Crippen molar-refractivity contribution in [1.29, 1.82) is 0 Å². The summed E-state index contributed by atoms with van der Waals surface area (Å²) in [6.45, 7) is 11.3. The van der Waals surface area contributed by atoms with Crippen molar-refractivity contribution < 1.29 is 19.5 Å². The molecule has 2 rings (SSSR count). The predicted octanol–water partition coefficient (Wildman–Crippen LogP) is 5.57. The second kappa shape index (κ2) is 9.46. The van der Waals surface area contributed by atoms with Gasteiger partial charge in [-0.05, 0) is 24.0 Å². The van der Waals surface area contributed by atoms with Gasteiger partial charge in [0.15, 0.2) is 11.6 Å². The fraction of sp³-hybridized carbons (Fsp3) is 0.423. The lowest BCUT2D eigenvalue weighted by molar-refractivity contribution is 0.0852. The second-order valence-electron chi connectivity index (χ2n) is 10.1. The molecule has 2 N–H and O–H groups in total. The van der Waals surface area contributed by atoms with Crippen LogP contribution < -0.4 is 5.32 Å². The molecule has 0 saturated carbocycles. The van der Waals surface area contributed by atoms with Gasteiger partial charge < -0.3 is 10.4 Å². The first-order chi connectivity index (χ1) is 14.3. The van der Waals surface area contributed by atoms with E-state index in [-0.39, 0.29) is 17.6 Å². The van der Waals surface area contributed by atoms with E-state index in [0.717, 1.165) is 11.1 Å². The topological polar surface area (TPSA) is 83.5 Å². The number of ketones is 2. The lowest BCUT2D eigenvalue weighted by Crippen LogP contribution is -2.37. The molecule has 31 heavy (non-hydrogen) atoms. The molecule has 1 amide bonds. The highest BCUT2D eigenvalue weighted by atomic mass is 16.4. The Balaban J connectivity index is 2.13. The van der Waals surface area contributed by atoms with Crippen molar-refractivity contribution in [3.05, 3.63) is 70.8 Å². The van der Waals surface area contributed by atoms with Crippen molar-refractivity contribution in [3.8, 4) is 0 Å². The van der Waals surface area contributed by atoms with Gasteiger partial charge in [-0.1, -0.05) is 90.1 Å². The van der Waals surface area contributed by atoms with Gasteiger partial charge in [-0.2, -0.15) is 0 Å². The third-order valence-corrected chi connectivity index (χ3v) is 5.09. The van der Waals surface area contributed by atoms with Gasteiger partial charge in [0.2, 0.25) is 0 Å². The molecule has 0 bridgehead atoms. The Morgan fingerprint density at radius 1 is 0.710 bits per heavy atom. The predicted molar refractivity (Wildman–Crippen MR) is 123 cm³/mol. The van der Waals surface area contributed by atoms with E-state index in [4.69, 9.17) is 0 Å². The van der Waals surface area contributed by atoms with E-state index in [2.05, 4.69) is 5.32 Å². The van der Waals surface area contributed by atoms with Crippen LogP contribution in [0.5, 0.6) is 0 Å². The van der Waals surface area contributed by atoms with Gasteiger partial charge in [0.05, 0.1) is 0 Å². The van der Waals surface area contributed by atoms with Crippen molar-refractivity contribution in [2.75, 3.05) is 0 Å². The number of nitrogens with one attached hydrogen (secondary N) is 1. The van der Waals surface area contributed by atoms with E-state index in [0.29, 0.717) is 24.0 Å². The smallest absolute Gasteiger partial charge is 0.404 e. The Kier molecular flexibility index (Phi) is 7.42. The molecule has 0 atom stereocenters. The molecule has 0 aliphatic rings. The first-order valence-electron chi connectivity index (χ1n) is 10.5. The highest BCUT2D eigenvalue weighted by Gasteiger charge is 2.24. The Morgan fingerprint density at radius 2 is 1.03 bits per heavy atom. The van der Waals surface area contributed by atoms with E-state index in [1.165, 1.54) is 0 Å². The highest BCUT2D eigenvalue weighted by molar-refractivity contribution is 6.00. The molecule has 0 saturated heterocycles. The summed E-state index contributed by atoms with van der Waals surface area (Å²) in [6, 6.07) is 14.4. The van der Waals surface area contributed by atoms with Gasteiger partial charge in [0.1, 0.15) is 0 Å². The van der Waals surface area contributed by atoms with Crippen molar-refractivity contribution in [2.45, 2.75) is 60.4 Å². The van der Waals surface area contributed by atoms with Crippen molar-refractivity contribution in [3.63, 3.8) is 0 Å². The zero-order valence-electron chi connectivity index (χ0n) is 19.3. The molecule has 5 nitrogen and oxygen atoms in total. The lowest BCUT2D eigenvalue weighted by Gasteiger charge is -2.19. The molecule has 0 aliphatic heterocycles. The SMILES string of the molecule is CC(C)(C)C(=O)c1ccc(CC(Cc2ccc(C(=O)C(C)(C)C)cc2)NC(=O)O)cc1. The molecule has 0 radical (unpaired) electrons. The fourth-order valence-electron chi connectivity index (χ4n) is 3.37. The molecule has 166 valence electrons. The molecule has 0 aliphatic carbocycles. The Morgan fingerprint density at radius 3 is 1.29 bits per heavy atom. The van der Waals surface area contributed by atoms with Crippen LogP contribution in [-0.4, -0.2) is 28.8 Å². The third-order valence-electron chi connectivity index (χ3n) is 5.09. The Labute approximate surface area is 184 Å². The molecule has 0 unspecified atom stereocenters. The monoisotopic (exact) mass is 423 g/mol. The Hall–Kier alpha value is -2.95. The summed E-state index contributed by atoms with van der Waals surface area (Å²) in [4.78, 5) is 36.1. The molecular weight excluding hydrogens is 390 g/mol. The van der Waals surface area contributed by atoms with Crippen LogP contribution >= 0.6 is 0 Å². The van der Waals surface area contributed by atoms with Crippen LogP contribution in [0.25, 0.3) is 0 Å². The molecule has 0 fully saturated rings. The summed E-state index contributed by atoms with van der Waals surface area (Å²) in [5.41, 5.74) is 2.30. The van der Waals surface area contributed by atoms with E-state index >= 15 is 0 Å². The molecule has 0 spiro atoms. The number of carboxylic acid groups (broad SMARTS) is 1. The maximum atomic E-state index is 12.4. The maximum absolute atomic E-state index is 12.4. The lowest BCUT2D eigenvalue weighted by atomic mass is 9.86. The summed E-state index contributed by atoms with van der Waals surface area (Å²) in [6.07, 6.45) is -0.0816. The van der Waals surface area contributed by atoms with E-state index in [9.17, 15) is 19.5 Å². The molecular formula is C26H33NO4. The highest BCUT2D eigenvalue weighted by Crippen LogP contribution is 2.23. The van der Waals surface area contributed by atoms with Crippen LogP contribution in [0.4, 0.5) is 4.79 Å². The average Bonchev–Trinajstić information content (AvgIpc) is 2.66. The van der Waals surface area contributed by atoms with E-state index in [1.54, 1.807) is 24.3 Å². The van der Waals surface area contributed by atoms with Gasteiger partial charge >= 0.3 is 6.09 Å². The zero-order chi connectivity index (χ0) is 23.4. The minimum absolute atomic E-state index is 0.0733. The number of amides is 1. The normalized spacial score (nSPS) is 12.0. The molecule has 5 heteroatoms. The molecule has 0 aromatic heterocycles. The zero-order valence-corrected chi connectivity index (χ0v) is 19.3. The maximum Gasteiger partial charge on any atom is 0.404 e. The average molecular weight is 424 g/mol. The molecule has 0 heterocycles. The summed E-state index contributed by atoms with van der Waals surface area (Å²) < 4.78 is 0. The van der Waals surface area contributed by atoms with Gasteiger partial charge in [0.25, 0.3) is 0 Å². The third kappa shape index (κ3) is 7.06.